The van der Waals surface area contributed by atoms with E-state index in [1.54, 1.807) is 11.3 Å². The molecular weight excluding hydrogens is 390 g/mol. The molecule has 0 aliphatic carbocycles. The van der Waals surface area contributed by atoms with Crippen molar-refractivity contribution in [3.8, 4) is 0 Å². The first-order valence-electron chi connectivity index (χ1n) is 10.8. The quantitative estimate of drug-likeness (QED) is 0.483. The third kappa shape index (κ3) is 4.90. The summed E-state index contributed by atoms with van der Waals surface area (Å²) < 4.78 is 1.18. The summed E-state index contributed by atoms with van der Waals surface area (Å²) in [6.07, 6.45) is 0.401. The highest BCUT2D eigenvalue weighted by Gasteiger charge is 2.22. The molecule has 0 fully saturated rings. The highest BCUT2D eigenvalue weighted by Crippen LogP contribution is 2.33. The summed E-state index contributed by atoms with van der Waals surface area (Å²) in [7, 11) is 0. The molecule has 0 spiro atoms. The van der Waals surface area contributed by atoms with Gasteiger partial charge < -0.3 is 4.90 Å². The highest BCUT2D eigenvalue weighted by atomic mass is 32.1. The minimum absolute atomic E-state index is 0.114. The largest absolute Gasteiger partial charge is 0.302 e. The number of nitrogens with zero attached hydrogens (tertiary/aromatic N) is 3. The van der Waals surface area contributed by atoms with Crippen molar-refractivity contribution in [1.29, 1.82) is 0 Å². The minimum atomic E-state index is 0.114. The van der Waals surface area contributed by atoms with E-state index in [1.165, 1.54) is 21.4 Å². The average molecular weight is 424 g/mol. The Hall–Kier alpha value is -2.24. The number of benzene rings is 2. The lowest BCUT2D eigenvalue weighted by molar-refractivity contribution is -0.118. The van der Waals surface area contributed by atoms with Crippen LogP contribution < -0.4 is 4.90 Å². The molecule has 0 N–H and O–H groups in total. The SMILES string of the molecule is CCN(CC)CCN(C(=O)Cc1ccc(C)cc1C)c1nc2c(C)ccc(C)c2s1. The van der Waals surface area contributed by atoms with Crippen LogP contribution in [0.3, 0.4) is 0 Å². The molecule has 0 aliphatic rings. The molecule has 3 rings (SSSR count). The van der Waals surface area contributed by atoms with E-state index in [1.807, 2.05) is 4.90 Å². The summed E-state index contributed by atoms with van der Waals surface area (Å²) in [5, 5.41) is 0.810. The van der Waals surface area contributed by atoms with Gasteiger partial charge >= 0.3 is 0 Å². The summed E-state index contributed by atoms with van der Waals surface area (Å²) in [5.41, 5.74) is 6.87. The standard InChI is InChI=1S/C25H33N3OS/c1-7-27(8-2)13-14-28(22(29)16-21-12-9-17(3)15-20(21)6)25-26-23-18(4)10-11-19(5)24(23)30-25/h9-12,15H,7-8,13-14,16H2,1-6H3. The molecule has 5 heteroatoms. The molecule has 0 unspecified atom stereocenters. The minimum Gasteiger partial charge on any atom is -0.302 e. The van der Waals surface area contributed by atoms with Crippen molar-refractivity contribution >= 4 is 32.6 Å². The van der Waals surface area contributed by atoms with Gasteiger partial charge in [-0.25, -0.2) is 4.98 Å². The third-order valence-electron chi connectivity index (χ3n) is 5.84. The number of rotatable bonds is 8. The topological polar surface area (TPSA) is 36.4 Å². The Morgan fingerprint density at radius 3 is 2.27 bits per heavy atom. The van der Waals surface area contributed by atoms with E-state index in [2.05, 4.69) is 76.8 Å². The Morgan fingerprint density at radius 1 is 0.933 bits per heavy atom. The molecule has 0 aliphatic heterocycles. The number of aryl methyl sites for hydroxylation is 4. The Balaban J connectivity index is 1.94. The number of anilines is 1. The predicted molar refractivity (Wildman–Crippen MR) is 129 cm³/mol. The van der Waals surface area contributed by atoms with E-state index in [4.69, 9.17) is 4.98 Å². The number of amides is 1. The van der Waals surface area contributed by atoms with Gasteiger partial charge in [0.05, 0.1) is 16.6 Å². The van der Waals surface area contributed by atoms with Crippen molar-refractivity contribution in [3.05, 3.63) is 58.1 Å². The highest BCUT2D eigenvalue weighted by molar-refractivity contribution is 7.22. The van der Waals surface area contributed by atoms with Crippen molar-refractivity contribution < 1.29 is 4.79 Å². The maximum Gasteiger partial charge on any atom is 0.233 e. The number of carbonyl (C=O) groups excluding carboxylic acids is 1. The normalized spacial score (nSPS) is 11.4. The summed E-state index contributed by atoms with van der Waals surface area (Å²) in [6, 6.07) is 10.6. The molecule has 0 saturated carbocycles. The van der Waals surface area contributed by atoms with E-state index in [0.717, 1.165) is 41.4 Å². The van der Waals surface area contributed by atoms with Crippen LogP contribution in [-0.4, -0.2) is 42.0 Å². The molecule has 30 heavy (non-hydrogen) atoms. The predicted octanol–water partition coefficient (Wildman–Crippen LogP) is 5.45. The maximum atomic E-state index is 13.5. The van der Waals surface area contributed by atoms with Crippen LogP contribution in [0, 0.1) is 27.7 Å². The van der Waals surface area contributed by atoms with Crippen LogP contribution in [0.5, 0.6) is 0 Å². The fraction of sp³-hybridized carbons (Fsp3) is 0.440. The van der Waals surface area contributed by atoms with E-state index >= 15 is 0 Å². The van der Waals surface area contributed by atoms with Crippen LogP contribution in [0.1, 0.15) is 41.7 Å². The summed E-state index contributed by atoms with van der Waals surface area (Å²) in [6.45, 7) is 16.2. The van der Waals surface area contributed by atoms with E-state index in [9.17, 15) is 4.79 Å². The number of thiazole rings is 1. The van der Waals surface area contributed by atoms with Crippen LogP contribution in [-0.2, 0) is 11.2 Å². The van der Waals surface area contributed by atoms with Crippen molar-refractivity contribution in [2.24, 2.45) is 0 Å². The molecule has 2 aromatic carbocycles. The average Bonchev–Trinajstić information content (AvgIpc) is 3.16. The van der Waals surface area contributed by atoms with Crippen molar-refractivity contribution in [2.45, 2.75) is 48.0 Å². The van der Waals surface area contributed by atoms with Gasteiger partial charge in [0.15, 0.2) is 5.13 Å². The van der Waals surface area contributed by atoms with Gasteiger partial charge in [-0.2, -0.15) is 0 Å². The van der Waals surface area contributed by atoms with Crippen LogP contribution >= 0.6 is 11.3 Å². The van der Waals surface area contributed by atoms with Crippen molar-refractivity contribution in [3.63, 3.8) is 0 Å². The van der Waals surface area contributed by atoms with E-state index < -0.39 is 0 Å². The Kier molecular flexibility index (Phi) is 7.27. The Labute approximate surface area is 184 Å². The van der Waals surface area contributed by atoms with Gasteiger partial charge in [-0.05, 0) is 63.0 Å². The van der Waals surface area contributed by atoms with Crippen molar-refractivity contribution in [1.82, 2.24) is 9.88 Å². The van der Waals surface area contributed by atoms with Gasteiger partial charge in [-0.3, -0.25) is 9.69 Å². The lowest BCUT2D eigenvalue weighted by Crippen LogP contribution is -2.39. The first kappa shape index (κ1) is 22.4. The Morgan fingerprint density at radius 2 is 1.63 bits per heavy atom. The van der Waals surface area contributed by atoms with Gasteiger partial charge in [0, 0.05) is 13.1 Å². The molecule has 160 valence electrons. The van der Waals surface area contributed by atoms with E-state index in [-0.39, 0.29) is 5.91 Å². The smallest absolute Gasteiger partial charge is 0.233 e. The fourth-order valence-electron chi connectivity index (χ4n) is 3.77. The first-order valence-corrected chi connectivity index (χ1v) is 11.6. The number of fused-ring (bicyclic) bond motifs is 1. The molecule has 1 amide bonds. The zero-order valence-corrected chi connectivity index (χ0v) is 19.9. The van der Waals surface area contributed by atoms with E-state index in [0.29, 0.717) is 13.0 Å². The summed E-state index contributed by atoms with van der Waals surface area (Å²) in [5.74, 6) is 0.114. The van der Waals surface area contributed by atoms with Gasteiger partial charge in [0.2, 0.25) is 5.91 Å². The second kappa shape index (κ2) is 9.71. The monoisotopic (exact) mass is 423 g/mol. The molecule has 0 bridgehead atoms. The third-order valence-corrected chi connectivity index (χ3v) is 7.05. The molecule has 4 nitrogen and oxygen atoms in total. The van der Waals surface area contributed by atoms with Gasteiger partial charge in [0.1, 0.15) is 0 Å². The second-order valence-corrected chi connectivity index (χ2v) is 9.03. The molecule has 0 saturated heterocycles. The van der Waals surface area contributed by atoms with Gasteiger partial charge in [0.25, 0.3) is 0 Å². The molecule has 0 atom stereocenters. The molecule has 3 aromatic rings. The fourth-order valence-corrected chi connectivity index (χ4v) is 4.93. The summed E-state index contributed by atoms with van der Waals surface area (Å²) >= 11 is 1.63. The van der Waals surface area contributed by atoms with Crippen molar-refractivity contribution in [2.75, 3.05) is 31.1 Å². The molecule has 1 aromatic heterocycles. The lowest BCUT2D eigenvalue weighted by atomic mass is 10.0. The van der Waals surface area contributed by atoms with Crippen LogP contribution in [0.4, 0.5) is 5.13 Å². The second-order valence-electron chi connectivity index (χ2n) is 8.05. The van der Waals surface area contributed by atoms with Gasteiger partial charge in [-0.1, -0.05) is 61.1 Å². The Bertz CT molecular complexity index is 997. The van der Waals surface area contributed by atoms with Crippen LogP contribution in [0.2, 0.25) is 0 Å². The number of likely N-dealkylation sites (N-methyl/N-ethyl adjacent to an activating group) is 1. The number of aromatic nitrogens is 1. The van der Waals surface area contributed by atoms with Crippen LogP contribution in [0.15, 0.2) is 30.3 Å². The number of hydrogen-bond donors (Lipinski definition) is 0. The number of carbonyl (C=O) groups is 1. The molecular formula is C25H33N3OS. The number of hydrogen-bond acceptors (Lipinski definition) is 4. The molecule has 0 radical (unpaired) electrons. The van der Waals surface area contributed by atoms with Crippen LogP contribution in [0.25, 0.3) is 10.2 Å². The zero-order chi connectivity index (χ0) is 21.8. The van der Waals surface area contributed by atoms with Gasteiger partial charge in [-0.15, -0.1) is 0 Å². The molecule has 1 heterocycles. The summed E-state index contributed by atoms with van der Waals surface area (Å²) in [4.78, 5) is 22.6. The zero-order valence-electron chi connectivity index (χ0n) is 19.1. The maximum absolute atomic E-state index is 13.5. The first-order chi connectivity index (χ1) is 14.3. The lowest BCUT2D eigenvalue weighted by Gasteiger charge is -2.25.